The van der Waals surface area contributed by atoms with E-state index in [9.17, 15) is 14.7 Å². The monoisotopic (exact) mass is 467 g/mol. The quantitative estimate of drug-likeness (QED) is 0.528. The summed E-state index contributed by atoms with van der Waals surface area (Å²) in [4.78, 5) is 24.5. The van der Waals surface area contributed by atoms with Gasteiger partial charge in [0.15, 0.2) is 6.61 Å². The highest BCUT2D eigenvalue weighted by molar-refractivity contribution is 6.31. The minimum absolute atomic E-state index is 0.0107. The zero-order chi connectivity index (χ0) is 23.7. The molecule has 0 spiro atoms. The van der Waals surface area contributed by atoms with E-state index in [2.05, 4.69) is 0 Å². The number of carboxylic acids is 1. The number of aliphatic hydroxyl groups is 1. The number of carboxylic acid groups (broad SMARTS) is 1. The fourth-order valence-electron chi connectivity index (χ4n) is 3.67. The van der Waals surface area contributed by atoms with Crippen molar-refractivity contribution in [2.75, 3.05) is 18.6 Å². The first-order chi connectivity index (χ1) is 15.7. The summed E-state index contributed by atoms with van der Waals surface area (Å²) in [5.41, 5.74) is 2.07. The highest BCUT2D eigenvalue weighted by Crippen LogP contribution is 2.40. The minimum Gasteiger partial charge on any atom is -0.482 e. The molecule has 4 rings (SSSR count). The molecule has 1 aliphatic rings. The maximum Gasteiger partial charge on any atom is 0.335 e. The molecule has 0 aliphatic carbocycles. The number of rotatable bonds is 6. The Kier molecular flexibility index (Phi) is 6.26. The summed E-state index contributed by atoms with van der Waals surface area (Å²) in [5, 5.41) is 20.6. The number of carbonyl (C=O) groups excluding carboxylic acids is 1. The first-order valence-corrected chi connectivity index (χ1v) is 10.6. The molecule has 8 heteroatoms. The number of halogens is 1. The van der Waals surface area contributed by atoms with Gasteiger partial charge < -0.3 is 24.6 Å². The lowest BCUT2D eigenvalue weighted by molar-refractivity contribution is -0.121. The highest BCUT2D eigenvalue weighted by Gasteiger charge is 2.26. The molecule has 3 aromatic carbocycles. The van der Waals surface area contributed by atoms with Crippen LogP contribution in [0.25, 0.3) is 0 Å². The van der Waals surface area contributed by atoms with E-state index in [1.165, 1.54) is 17.0 Å². The normalized spacial score (nSPS) is 14.8. The number of aliphatic hydroxyl groups excluding tert-OH is 1. The van der Waals surface area contributed by atoms with E-state index in [-0.39, 0.29) is 24.0 Å². The largest absolute Gasteiger partial charge is 0.482 e. The summed E-state index contributed by atoms with van der Waals surface area (Å²) >= 11 is 6.43. The van der Waals surface area contributed by atoms with Crippen molar-refractivity contribution in [1.29, 1.82) is 0 Å². The van der Waals surface area contributed by atoms with Crippen LogP contribution in [-0.4, -0.2) is 35.7 Å². The summed E-state index contributed by atoms with van der Waals surface area (Å²) in [6.45, 7) is 1.84. The smallest absolute Gasteiger partial charge is 0.335 e. The Balaban J connectivity index is 1.57. The third kappa shape index (κ3) is 4.65. The SMILES string of the molecule is C[C@@H](c1cc(Oc2ccc(C(=O)O)cc2)ccc1Cl)C(O)c1ccc2c(c1)N(C)C(=O)CO2. The molecule has 1 unspecified atom stereocenters. The standard InChI is InChI=1S/C25H22ClNO6/c1-14(24(29)16-5-10-22-21(11-16)27(2)23(28)13-32-22)19-12-18(8-9-20(19)26)33-17-6-3-15(4-7-17)25(30)31/h3-12,14,24,29H,13H2,1-2H3,(H,30,31)/t14-,24?/m0/s1. The molecule has 0 saturated heterocycles. The zero-order valence-corrected chi connectivity index (χ0v) is 18.7. The van der Waals surface area contributed by atoms with Crippen molar-refractivity contribution in [3.63, 3.8) is 0 Å². The number of ether oxygens (including phenoxy) is 2. The van der Waals surface area contributed by atoms with Gasteiger partial charge in [-0.3, -0.25) is 4.79 Å². The van der Waals surface area contributed by atoms with Crippen molar-refractivity contribution in [3.8, 4) is 17.2 Å². The molecule has 0 radical (unpaired) electrons. The van der Waals surface area contributed by atoms with Crippen LogP contribution in [0.3, 0.4) is 0 Å². The van der Waals surface area contributed by atoms with Gasteiger partial charge in [-0.2, -0.15) is 0 Å². The molecule has 0 saturated carbocycles. The second-order valence-corrected chi connectivity index (χ2v) is 8.22. The van der Waals surface area contributed by atoms with Crippen LogP contribution in [0.1, 0.15) is 40.4 Å². The Hall–Kier alpha value is -3.55. The average Bonchev–Trinajstić information content (AvgIpc) is 2.82. The Labute approximate surface area is 195 Å². The maximum absolute atomic E-state index is 12.0. The van der Waals surface area contributed by atoms with Crippen LogP contribution in [0.2, 0.25) is 5.02 Å². The Bertz CT molecular complexity index is 1210. The van der Waals surface area contributed by atoms with Gasteiger partial charge in [-0.1, -0.05) is 24.6 Å². The van der Waals surface area contributed by atoms with Gasteiger partial charge >= 0.3 is 5.97 Å². The number of hydrogen-bond acceptors (Lipinski definition) is 5. The van der Waals surface area contributed by atoms with Gasteiger partial charge in [0.2, 0.25) is 0 Å². The number of fused-ring (bicyclic) bond motifs is 1. The lowest BCUT2D eigenvalue weighted by Gasteiger charge is -2.28. The number of benzene rings is 3. The van der Waals surface area contributed by atoms with E-state index in [0.717, 1.165) is 0 Å². The van der Waals surface area contributed by atoms with Crippen LogP contribution in [0.4, 0.5) is 5.69 Å². The van der Waals surface area contributed by atoms with Crippen molar-refractivity contribution < 1.29 is 29.3 Å². The molecular formula is C25H22ClNO6. The molecule has 2 atom stereocenters. The molecule has 0 aromatic heterocycles. The summed E-state index contributed by atoms with van der Waals surface area (Å²) in [6, 6.07) is 16.5. The van der Waals surface area contributed by atoms with Crippen LogP contribution in [0, 0.1) is 0 Å². The summed E-state index contributed by atoms with van der Waals surface area (Å²) in [6.07, 6.45) is -0.900. The highest BCUT2D eigenvalue weighted by atomic mass is 35.5. The van der Waals surface area contributed by atoms with Crippen molar-refractivity contribution in [2.45, 2.75) is 18.9 Å². The lowest BCUT2D eigenvalue weighted by Crippen LogP contribution is -2.35. The number of likely N-dealkylation sites (N-methyl/N-ethyl adjacent to an activating group) is 1. The van der Waals surface area contributed by atoms with E-state index < -0.39 is 12.1 Å². The predicted octanol–water partition coefficient (Wildman–Crippen LogP) is 5.02. The number of carbonyl (C=O) groups is 2. The molecule has 1 amide bonds. The third-order valence-electron chi connectivity index (χ3n) is 5.68. The molecule has 170 valence electrons. The number of nitrogens with zero attached hydrogens (tertiary/aromatic N) is 1. The van der Waals surface area contributed by atoms with E-state index in [1.54, 1.807) is 55.6 Å². The van der Waals surface area contributed by atoms with E-state index >= 15 is 0 Å². The maximum atomic E-state index is 12.0. The molecule has 7 nitrogen and oxygen atoms in total. The zero-order valence-electron chi connectivity index (χ0n) is 18.0. The molecule has 2 N–H and O–H groups in total. The van der Waals surface area contributed by atoms with Crippen molar-refractivity contribution >= 4 is 29.2 Å². The molecule has 0 fully saturated rings. The topological polar surface area (TPSA) is 96.3 Å². The average molecular weight is 468 g/mol. The van der Waals surface area contributed by atoms with Crippen molar-refractivity contribution in [2.24, 2.45) is 0 Å². The fraction of sp³-hybridized carbons (Fsp3) is 0.200. The molecule has 1 aliphatic heterocycles. The first kappa shape index (κ1) is 22.6. The number of anilines is 1. The first-order valence-electron chi connectivity index (χ1n) is 10.3. The minimum atomic E-state index is -1.01. The molecule has 0 bridgehead atoms. The van der Waals surface area contributed by atoms with E-state index in [0.29, 0.717) is 39.1 Å². The fourth-order valence-corrected chi connectivity index (χ4v) is 3.96. The van der Waals surface area contributed by atoms with Crippen LogP contribution >= 0.6 is 11.6 Å². The van der Waals surface area contributed by atoms with Crippen molar-refractivity contribution in [1.82, 2.24) is 0 Å². The second kappa shape index (κ2) is 9.13. The predicted molar refractivity (Wildman–Crippen MR) is 124 cm³/mol. The molecule has 1 heterocycles. The van der Waals surface area contributed by atoms with Gasteiger partial charge in [0, 0.05) is 18.0 Å². The number of aromatic carboxylic acids is 1. The van der Waals surface area contributed by atoms with Gasteiger partial charge in [-0.25, -0.2) is 4.79 Å². The molecule has 3 aromatic rings. The Morgan fingerprint density at radius 3 is 2.48 bits per heavy atom. The summed E-state index contributed by atoms with van der Waals surface area (Å²) in [7, 11) is 1.67. The van der Waals surface area contributed by atoms with E-state index in [4.69, 9.17) is 26.2 Å². The van der Waals surface area contributed by atoms with Crippen LogP contribution in [0.15, 0.2) is 60.7 Å². The van der Waals surface area contributed by atoms with Gasteiger partial charge in [-0.15, -0.1) is 0 Å². The summed E-state index contributed by atoms with van der Waals surface area (Å²) in [5.74, 6) is 0.000487. The van der Waals surface area contributed by atoms with Crippen LogP contribution in [-0.2, 0) is 4.79 Å². The number of hydrogen-bond donors (Lipinski definition) is 2. The second-order valence-electron chi connectivity index (χ2n) is 7.82. The third-order valence-corrected chi connectivity index (χ3v) is 6.02. The Morgan fingerprint density at radius 1 is 1.09 bits per heavy atom. The van der Waals surface area contributed by atoms with Crippen molar-refractivity contribution in [3.05, 3.63) is 82.4 Å². The lowest BCUT2D eigenvalue weighted by atomic mass is 9.90. The van der Waals surface area contributed by atoms with Gasteiger partial charge in [0.25, 0.3) is 5.91 Å². The summed E-state index contributed by atoms with van der Waals surface area (Å²) < 4.78 is 11.3. The number of amides is 1. The molecular weight excluding hydrogens is 446 g/mol. The van der Waals surface area contributed by atoms with Crippen LogP contribution in [0.5, 0.6) is 17.2 Å². The van der Waals surface area contributed by atoms with E-state index in [1.807, 2.05) is 6.92 Å². The van der Waals surface area contributed by atoms with Gasteiger partial charge in [0.05, 0.1) is 17.4 Å². The van der Waals surface area contributed by atoms with Gasteiger partial charge in [-0.05, 0) is 65.7 Å². The Morgan fingerprint density at radius 2 is 1.79 bits per heavy atom. The van der Waals surface area contributed by atoms with Crippen LogP contribution < -0.4 is 14.4 Å². The molecule has 33 heavy (non-hydrogen) atoms. The van der Waals surface area contributed by atoms with Gasteiger partial charge in [0.1, 0.15) is 17.2 Å².